The smallest absolute Gasteiger partial charge is 0.0226 e. The lowest BCUT2D eigenvalue weighted by molar-refractivity contribution is 0.502. The fourth-order valence-corrected chi connectivity index (χ4v) is 1.40. The molecule has 0 aromatic rings. The van der Waals surface area contributed by atoms with E-state index in [9.17, 15) is 0 Å². The van der Waals surface area contributed by atoms with Gasteiger partial charge in [-0.1, -0.05) is 37.1 Å². The molecule has 0 amide bonds. The van der Waals surface area contributed by atoms with Crippen LogP contribution in [0.3, 0.4) is 0 Å². The van der Waals surface area contributed by atoms with Gasteiger partial charge in [0.2, 0.25) is 0 Å². The third-order valence-corrected chi connectivity index (χ3v) is 3.08. The number of hydrogen-bond donors (Lipinski definition) is 0. The van der Waals surface area contributed by atoms with Gasteiger partial charge in [0.25, 0.3) is 0 Å². The Hall–Kier alpha value is -0.520. The zero-order valence-electron chi connectivity index (χ0n) is 10.1. The maximum absolute atomic E-state index is 4.00. The zero-order valence-corrected chi connectivity index (χ0v) is 10.1. The lowest BCUT2D eigenvalue weighted by Crippen LogP contribution is -2.05. The van der Waals surface area contributed by atoms with E-state index in [4.69, 9.17) is 0 Å². The highest BCUT2D eigenvalue weighted by Crippen LogP contribution is 2.24. The summed E-state index contributed by atoms with van der Waals surface area (Å²) in [5.74, 6) is 1.33. The summed E-state index contributed by atoms with van der Waals surface area (Å²) in [5, 5.41) is 0. The summed E-state index contributed by atoms with van der Waals surface area (Å²) < 4.78 is 0. The Morgan fingerprint density at radius 1 is 1.00 bits per heavy atom. The lowest BCUT2D eigenvalue weighted by atomic mass is 9.87. The van der Waals surface area contributed by atoms with Crippen molar-refractivity contribution in [1.82, 2.24) is 0 Å². The maximum Gasteiger partial charge on any atom is -0.0226 e. The van der Waals surface area contributed by atoms with Crippen molar-refractivity contribution in [3.63, 3.8) is 0 Å². The largest absolute Gasteiger partial charge is 0.0999 e. The minimum absolute atomic E-state index is 0.643. The summed E-state index contributed by atoms with van der Waals surface area (Å²) in [6, 6.07) is 0. The molecule has 0 radical (unpaired) electrons. The van der Waals surface area contributed by atoms with Gasteiger partial charge >= 0.3 is 0 Å². The number of hydrogen-bond acceptors (Lipinski definition) is 0. The second-order valence-electron chi connectivity index (χ2n) is 4.57. The predicted molar refractivity (Wildman–Crippen MR) is 61.8 cm³/mol. The van der Waals surface area contributed by atoms with Crippen LogP contribution in [-0.2, 0) is 0 Å². The SMILES string of the molecule is C=C(C)C(C)CC(C)C(C)=C(C)C. The van der Waals surface area contributed by atoms with E-state index >= 15 is 0 Å². The first-order valence-electron chi connectivity index (χ1n) is 5.15. The molecule has 2 unspecified atom stereocenters. The molecule has 13 heavy (non-hydrogen) atoms. The third-order valence-electron chi connectivity index (χ3n) is 3.08. The van der Waals surface area contributed by atoms with Gasteiger partial charge in [0.1, 0.15) is 0 Å². The topological polar surface area (TPSA) is 0 Å². The number of rotatable bonds is 4. The molecule has 2 atom stereocenters. The standard InChI is InChI=1S/C13H24/c1-9(2)11(5)8-12(6)13(7)10(3)4/h11-12H,1,8H2,2-7H3. The Labute approximate surface area is 83.7 Å². The summed E-state index contributed by atoms with van der Waals surface area (Å²) in [7, 11) is 0. The van der Waals surface area contributed by atoms with Gasteiger partial charge in [0, 0.05) is 0 Å². The van der Waals surface area contributed by atoms with Crippen molar-refractivity contribution in [2.45, 2.75) is 48.0 Å². The van der Waals surface area contributed by atoms with Gasteiger partial charge < -0.3 is 0 Å². The Bertz CT molecular complexity index is 204. The first-order valence-corrected chi connectivity index (χ1v) is 5.15. The summed E-state index contributed by atoms with van der Waals surface area (Å²) in [6.45, 7) is 17.3. The Morgan fingerprint density at radius 3 is 1.77 bits per heavy atom. The fourth-order valence-electron chi connectivity index (χ4n) is 1.40. The average molecular weight is 180 g/mol. The molecule has 0 nitrogen and oxygen atoms in total. The van der Waals surface area contributed by atoms with Crippen molar-refractivity contribution in [2.75, 3.05) is 0 Å². The molecule has 0 aromatic heterocycles. The van der Waals surface area contributed by atoms with Gasteiger partial charge in [-0.3, -0.25) is 0 Å². The van der Waals surface area contributed by atoms with Crippen LogP contribution >= 0.6 is 0 Å². The van der Waals surface area contributed by atoms with Gasteiger partial charge in [0.05, 0.1) is 0 Å². The van der Waals surface area contributed by atoms with E-state index in [2.05, 4.69) is 48.1 Å². The van der Waals surface area contributed by atoms with Crippen molar-refractivity contribution >= 4 is 0 Å². The van der Waals surface area contributed by atoms with Crippen molar-refractivity contribution in [2.24, 2.45) is 11.8 Å². The van der Waals surface area contributed by atoms with E-state index in [0.29, 0.717) is 11.8 Å². The quantitative estimate of drug-likeness (QED) is 0.555. The van der Waals surface area contributed by atoms with Crippen LogP contribution in [0.2, 0.25) is 0 Å². The predicted octanol–water partition coefficient (Wildman–Crippen LogP) is 4.58. The van der Waals surface area contributed by atoms with Crippen LogP contribution in [0.25, 0.3) is 0 Å². The molecule has 0 bridgehead atoms. The van der Waals surface area contributed by atoms with E-state index in [-0.39, 0.29) is 0 Å². The van der Waals surface area contributed by atoms with Crippen LogP contribution in [0.4, 0.5) is 0 Å². The Kier molecular flexibility index (Phi) is 5.05. The van der Waals surface area contributed by atoms with Crippen LogP contribution in [0.1, 0.15) is 48.0 Å². The van der Waals surface area contributed by atoms with E-state index < -0.39 is 0 Å². The average Bonchev–Trinajstić information content (AvgIpc) is 2.02. The molecule has 0 aromatic carbocycles. The molecule has 0 N–H and O–H groups in total. The monoisotopic (exact) mass is 180 g/mol. The number of allylic oxidation sites excluding steroid dienone is 3. The van der Waals surface area contributed by atoms with Crippen LogP contribution in [0.5, 0.6) is 0 Å². The summed E-state index contributed by atoms with van der Waals surface area (Å²) in [5.41, 5.74) is 4.29. The summed E-state index contributed by atoms with van der Waals surface area (Å²) >= 11 is 0. The van der Waals surface area contributed by atoms with E-state index in [1.807, 2.05) is 0 Å². The van der Waals surface area contributed by atoms with Crippen molar-refractivity contribution in [3.8, 4) is 0 Å². The molecular formula is C13H24. The van der Waals surface area contributed by atoms with Gasteiger partial charge in [0.15, 0.2) is 0 Å². The molecule has 0 heteroatoms. The van der Waals surface area contributed by atoms with Gasteiger partial charge in [-0.15, -0.1) is 0 Å². The van der Waals surface area contributed by atoms with Crippen molar-refractivity contribution in [3.05, 3.63) is 23.3 Å². The molecule has 0 aliphatic heterocycles. The highest BCUT2D eigenvalue weighted by atomic mass is 14.2. The second kappa shape index (κ2) is 5.26. The molecule has 0 aliphatic carbocycles. The van der Waals surface area contributed by atoms with E-state index in [0.717, 1.165) is 0 Å². The first kappa shape index (κ1) is 12.5. The van der Waals surface area contributed by atoms with Crippen LogP contribution in [-0.4, -0.2) is 0 Å². The van der Waals surface area contributed by atoms with E-state index in [1.54, 1.807) is 0 Å². The summed E-state index contributed by atoms with van der Waals surface area (Å²) in [4.78, 5) is 0. The van der Waals surface area contributed by atoms with Crippen LogP contribution in [0, 0.1) is 11.8 Å². The third kappa shape index (κ3) is 4.31. The normalized spacial score (nSPS) is 14.9. The molecular weight excluding hydrogens is 156 g/mol. The van der Waals surface area contributed by atoms with Crippen molar-refractivity contribution in [1.29, 1.82) is 0 Å². The molecule has 0 heterocycles. The summed E-state index contributed by atoms with van der Waals surface area (Å²) in [6.07, 6.45) is 1.23. The van der Waals surface area contributed by atoms with Gasteiger partial charge in [-0.05, 0) is 46.0 Å². The molecule has 0 saturated carbocycles. The molecule has 0 rings (SSSR count). The minimum Gasteiger partial charge on any atom is -0.0999 e. The molecule has 0 fully saturated rings. The molecule has 0 spiro atoms. The highest BCUT2D eigenvalue weighted by Gasteiger charge is 2.11. The Balaban J connectivity index is 4.24. The van der Waals surface area contributed by atoms with Gasteiger partial charge in [-0.2, -0.15) is 0 Å². The first-order chi connectivity index (χ1) is 5.86. The molecule has 76 valence electrons. The minimum atomic E-state index is 0.643. The lowest BCUT2D eigenvalue weighted by Gasteiger charge is -2.19. The van der Waals surface area contributed by atoms with Crippen molar-refractivity contribution < 1.29 is 0 Å². The zero-order chi connectivity index (χ0) is 10.6. The molecule has 0 saturated heterocycles. The van der Waals surface area contributed by atoms with Crippen LogP contribution < -0.4 is 0 Å². The fraction of sp³-hybridized carbons (Fsp3) is 0.692. The Morgan fingerprint density at radius 2 is 1.46 bits per heavy atom. The highest BCUT2D eigenvalue weighted by molar-refractivity contribution is 5.10. The van der Waals surface area contributed by atoms with Gasteiger partial charge in [-0.25, -0.2) is 0 Å². The van der Waals surface area contributed by atoms with Crippen LogP contribution in [0.15, 0.2) is 23.3 Å². The van der Waals surface area contributed by atoms with E-state index in [1.165, 1.54) is 23.1 Å². The molecule has 0 aliphatic rings. The second-order valence-corrected chi connectivity index (χ2v) is 4.57. The maximum atomic E-state index is 4.00.